The lowest BCUT2D eigenvalue weighted by Crippen LogP contribution is -2.41. The van der Waals surface area contributed by atoms with Crippen molar-refractivity contribution in [3.63, 3.8) is 0 Å². The average Bonchev–Trinajstić information content (AvgIpc) is 3.46. The van der Waals surface area contributed by atoms with E-state index >= 15 is 0 Å². The zero-order valence-electron chi connectivity index (χ0n) is 14.7. The van der Waals surface area contributed by atoms with Crippen molar-refractivity contribution >= 4 is 11.7 Å². The summed E-state index contributed by atoms with van der Waals surface area (Å²) in [5.41, 5.74) is 0.338. The molecule has 1 spiro atoms. The fourth-order valence-corrected chi connectivity index (χ4v) is 3.89. The summed E-state index contributed by atoms with van der Waals surface area (Å²) < 4.78 is 0. The van der Waals surface area contributed by atoms with Crippen molar-refractivity contribution in [1.82, 2.24) is 20.2 Å². The molecule has 130 valence electrons. The highest BCUT2D eigenvalue weighted by Crippen LogP contribution is 2.54. The first-order valence-electron chi connectivity index (χ1n) is 9.08. The molecule has 6 heteroatoms. The minimum atomic E-state index is 0.147. The molecule has 1 amide bonds. The molecule has 1 unspecified atom stereocenters. The molecule has 1 aliphatic heterocycles. The van der Waals surface area contributed by atoms with Gasteiger partial charge in [-0.15, -0.1) is 0 Å². The van der Waals surface area contributed by atoms with Crippen LogP contribution in [0.15, 0.2) is 12.3 Å². The maximum atomic E-state index is 11.9. The lowest BCUT2D eigenvalue weighted by atomic mass is 9.92. The van der Waals surface area contributed by atoms with Crippen LogP contribution in [0.25, 0.3) is 0 Å². The maximum Gasteiger partial charge on any atom is 0.234 e. The molecule has 1 atom stereocenters. The second kappa shape index (κ2) is 5.99. The number of nitrogens with one attached hydrogen (secondary N) is 1. The molecule has 1 aromatic rings. The molecular weight excluding hydrogens is 302 g/mol. The van der Waals surface area contributed by atoms with Gasteiger partial charge >= 0.3 is 0 Å². The van der Waals surface area contributed by atoms with Crippen LogP contribution in [0.1, 0.15) is 43.8 Å². The number of rotatable bonds is 5. The Balaban J connectivity index is 1.31. The number of aromatic nitrogens is 2. The maximum absolute atomic E-state index is 11.9. The van der Waals surface area contributed by atoms with Crippen LogP contribution in [0, 0.1) is 5.41 Å². The first-order chi connectivity index (χ1) is 11.6. The van der Waals surface area contributed by atoms with Gasteiger partial charge in [-0.3, -0.25) is 4.79 Å². The van der Waals surface area contributed by atoms with Gasteiger partial charge in [-0.1, -0.05) is 0 Å². The van der Waals surface area contributed by atoms with Crippen LogP contribution in [0.4, 0.5) is 5.82 Å². The number of nitrogens with zero attached hydrogens (tertiary/aromatic N) is 4. The smallest absolute Gasteiger partial charge is 0.234 e. The lowest BCUT2D eigenvalue weighted by molar-refractivity contribution is -0.122. The van der Waals surface area contributed by atoms with Gasteiger partial charge in [-0.2, -0.15) is 0 Å². The molecule has 0 aromatic carbocycles. The van der Waals surface area contributed by atoms with Gasteiger partial charge in [0.2, 0.25) is 5.91 Å². The monoisotopic (exact) mass is 329 g/mol. The number of likely N-dealkylation sites (N-methyl/N-ethyl adjacent to an activating group) is 1. The second-order valence-electron chi connectivity index (χ2n) is 7.96. The molecule has 6 nitrogen and oxygen atoms in total. The van der Waals surface area contributed by atoms with Gasteiger partial charge in [0.25, 0.3) is 0 Å². The molecule has 3 aliphatic rings. The van der Waals surface area contributed by atoms with E-state index in [-0.39, 0.29) is 5.91 Å². The largest absolute Gasteiger partial charge is 0.356 e. The van der Waals surface area contributed by atoms with E-state index in [0.717, 1.165) is 44.0 Å². The Labute approximate surface area is 143 Å². The van der Waals surface area contributed by atoms with Gasteiger partial charge in [-0.05, 0) is 57.7 Å². The first kappa shape index (κ1) is 15.8. The molecule has 0 bridgehead atoms. The van der Waals surface area contributed by atoms with Crippen LogP contribution in [-0.4, -0.2) is 60.5 Å². The summed E-state index contributed by atoms with van der Waals surface area (Å²) >= 11 is 0. The van der Waals surface area contributed by atoms with E-state index < -0.39 is 0 Å². The van der Waals surface area contributed by atoms with Gasteiger partial charge in [0.15, 0.2) is 0 Å². The summed E-state index contributed by atoms with van der Waals surface area (Å²) in [5, 5.41) is 3.21. The van der Waals surface area contributed by atoms with E-state index in [4.69, 9.17) is 4.98 Å². The highest BCUT2D eigenvalue weighted by Gasteiger charge is 2.55. The van der Waals surface area contributed by atoms with Crippen molar-refractivity contribution in [2.75, 3.05) is 38.6 Å². The Morgan fingerprint density at radius 2 is 2.12 bits per heavy atom. The van der Waals surface area contributed by atoms with E-state index in [1.165, 1.54) is 12.8 Å². The summed E-state index contributed by atoms with van der Waals surface area (Å²) in [6.07, 6.45) is 7.80. The number of carbonyl (C=O) groups excluding carboxylic acids is 1. The summed E-state index contributed by atoms with van der Waals surface area (Å²) in [5.74, 6) is 2.85. The van der Waals surface area contributed by atoms with Gasteiger partial charge < -0.3 is 15.1 Å². The van der Waals surface area contributed by atoms with E-state index in [9.17, 15) is 4.79 Å². The molecule has 3 fully saturated rings. The van der Waals surface area contributed by atoms with Crippen LogP contribution in [0.5, 0.6) is 0 Å². The quantitative estimate of drug-likeness (QED) is 0.884. The third kappa shape index (κ3) is 3.24. The van der Waals surface area contributed by atoms with Gasteiger partial charge in [0.05, 0.1) is 6.54 Å². The van der Waals surface area contributed by atoms with E-state index in [1.807, 2.05) is 31.3 Å². The Bertz CT molecular complexity index is 620. The van der Waals surface area contributed by atoms with Crippen LogP contribution in [0.2, 0.25) is 0 Å². The van der Waals surface area contributed by atoms with Crippen molar-refractivity contribution in [1.29, 1.82) is 0 Å². The molecule has 1 saturated heterocycles. The third-order valence-corrected chi connectivity index (χ3v) is 5.67. The van der Waals surface area contributed by atoms with E-state index in [0.29, 0.717) is 23.9 Å². The van der Waals surface area contributed by atoms with Crippen LogP contribution < -0.4 is 10.2 Å². The van der Waals surface area contributed by atoms with Crippen molar-refractivity contribution in [3.8, 4) is 0 Å². The minimum absolute atomic E-state index is 0.147. The lowest BCUT2D eigenvalue weighted by Gasteiger charge is -2.33. The standard InChI is InChI=1S/C18H27N5O/c1-22(2)12-16(24)20-14-11-18(14)6-9-23(10-7-18)15-5-8-19-17(21-15)13-3-4-13/h5,8,13-14H,3-4,6-7,9-12H2,1-2H3,(H,20,24). The number of hydrogen-bond donors (Lipinski definition) is 1. The van der Waals surface area contributed by atoms with E-state index in [1.54, 1.807) is 0 Å². The second-order valence-corrected chi connectivity index (χ2v) is 7.96. The van der Waals surface area contributed by atoms with Crippen LogP contribution in [0.3, 0.4) is 0 Å². The fourth-order valence-electron chi connectivity index (χ4n) is 3.89. The summed E-state index contributed by atoms with van der Waals surface area (Å²) in [7, 11) is 3.86. The Morgan fingerprint density at radius 1 is 1.38 bits per heavy atom. The van der Waals surface area contributed by atoms with Crippen molar-refractivity contribution in [2.24, 2.45) is 5.41 Å². The highest BCUT2D eigenvalue weighted by atomic mass is 16.2. The van der Waals surface area contributed by atoms with Crippen molar-refractivity contribution in [2.45, 2.75) is 44.1 Å². The summed E-state index contributed by atoms with van der Waals surface area (Å²) in [6, 6.07) is 2.41. The predicted molar refractivity (Wildman–Crippen MR) is 93.0 cm³/mol. The Kier molecular flexibility index (Phi) is 3.95. The number of hydrogen-bond acceptors (Lipinski definition) is 5. The molecule has 4 rings (SSSR count). The Morgan fingerprint density at radius 3 is 2.79 bits per heavy atom. The zero-order chi connectivity index (χ0) is 16.7. The topological polar surface area (TPSA) is 61.4 Å². The average molecular weight is 329 g/mol. The van der Waals surface area contributed by atoms with E-state index in [2.05, 4.69) is 15.2 Å². The van der Waals surface area contributed by atoms with Gasteiger partial charge in [-0.25, -0.2) is 9.97 Å². The van der Waals surface area contributed by atoms with Crippen molar-refractivity contribution < 1.29 is 4.79 Å². The molecule has 2 aliphatic carbocycles. The number of carbonyl (C=O) groups is 1. The molecule has 1 N–H and O–H groups in total. The Hall–Kier alpha value is -1.69. The molecular formula is C18H27N5O. The molecule has 1 aromatic heterocycles. The summed E-state index contributed by atoms with van der Waals surface area (Å²) in [4.78, 5) is 25.4. The SMILES string of the molecule is CN(C)CC(=O)NC1CC12CCN(c1ccnc(C3CC3)n1)CC2. The molecule has 2 heterocycles. The minimum Gasteiger partial charge on any atom is -0.356 e. The normalized spacial score (nSPS) is 25.1. The molecule has 2 saturated carbocycles. The van der Waals surface area contributed by atoms with Gasteiger partial charge in [0.1, 0.15) is 11.6 Å². The van der Waals surface area contributed by atoms with Gasteiger partial charge in [0, 0.05) is 31.2 Å². The molecule has 24 heavy (non-hydrogen) atoms. The van der Waals surface area contributed by atoms with Crippen LogP contribution >= 0.6 is 0 Å². The summed E-state index contributed by atoms with van der Waals surface area (Å²) in [6.45, 7) is 2.53. The molecule has 0 radical (unpaired) electrons. The first-order valence-corrected chi connectivity index (χ1v) is 9.08. The number of anilines is 1. The zero-order valence-corrected chi connectivity index (χ0v) is 14.7. The number of amides is 1. The van der Waals surface area contributed by atoms with Crippen molar-refractivity contribution in [3.05, 3.63) is 18.1 Å². The van der Waals surface area contributed by atoms with Crippen LogP contribution in [-0.2, 0) is 4.79 Å². The number of piperidine rings is 1. The predicted octanol–water partition coefficient (Wildman–Crippen LogP) is 1.39. The third-order valence-electron chi connectivity index (χ3n) is 5.67. The fraction of sp³-hybridized carbons (Fsp3) is 0.722. The highest BCUT2D eigenvalue weighted by molar-refractivity contribution is 5.78.